The third-order valence-electron chi connectivity index (χ3n) is 4.50. The number of nitro groups is 1. The second-order valence-corrected chi connectivity index (χ2v) is 6.74. The molecule has 2 N–H and O–H groups in total. The van der Waals surface area contributed by atoms with Gasteiger partial charge in [0.05, 0.1) is 22.5 Å². The number of likely N-dealkylation sites (tertiary alicyclic amines) is 1. The summed E-state index contributed by atoms with van der Waals surface area (Å²) in [6.07, 6.45) is 1.26. The first kappa shape index (κ1) is 17.8. The van der Waals surface area contributed by atoms with E-state index in [4.69, 9.17) is 0 Å². The van der Waals surface area contributed by atoms with E-state index in [1.807, 2.05) is 13.8 Å². The quantitative estimate of drug-likeness (QED) is 0.601. The molecule has 138 valence electrons. The van der Waals surface area contributed by atoms with Crippen LogP contribution >= 0.6 is 0 Å². The molecule has 1 aromatic carbocycles. The van der Waals surface area contributed by atoms with E-state index in [2.05, 4.69) is 15.3 Å². The van der Waals surface area contributed by atoms with Crippen molar-refractivity contribution in [3.05, 3.63) is 34.1 Å². The molecule has 0 bridgehead atoms. The van der Waals surface area contributed by atoms with E-state index in [0.717, 1.165) is 6.42 Å². The Morgan fingerprint density at radius 2 is 2.23 bits per heavy atom. The van der Waals surface area contributed by atoms with E-state index in [1.165, 1.54) is 12.1 Å². The molecule has 0 aliphatic carbocycles. The van der Waals surface area contributed by atoms with Crippen LogP contribution in [0.1, 0.15) is 32.5 Å². The minimum absolute atomic E-state index is 0.00428. The highest BCUT2D eigenvalue weighted by molar-refractivity contribution is 5.88. The highest BCUT2D eigenvalue weighted by atomic mass is 16.6. The molecule has 1 aliphatic rings. The van der Waals surface area contributed by atoms with Gasteiger partial charge >= 0.3 is 0 Å². The largest absolute Gasteiger partial charge is 0.347 e. The zero-order chi connectivity index (χ0) is 18.8. The first-order valence-corrected chi connectivity index (χ1v) is 8.57. The number of benzene rings is 1. The Morgan fingerprint density at radius 3 is 2.85 bits per heavy atom. The van der Waals surface area contributed by atoms with Crippen molar-refractivity contribution in [1.82, 2.24) is 20.2 Å². The van der Waals surface area contributed by atoms with Crippen molar-refractivity contribution in [3.8, 4) is 0 Å². The minimum Gasteiger partial charge on any atom is -0.347 e. The number of nitrogens with zero attached hydrogens (tertiary/aromatic N) is 3. The summed E-state index contributed by atoms with van der Waals surface area (Å²) in [7, 11) is 0. The summed E-state index contributed by atoms with van der Waals surface area (Å²) in [5, 5.41) is 13.7. The van der Waals surface area contributed by atoms with Gasteiger partial charge in [0.15, 0.2) is 0 Å². The maximum atomic E-state index is 12.6. The number of nitro benzene ring substituents is 1. The Bertz CT molecular complexity index is 860. The fraction of sp³-hybridized carbons (Fsp3) is 0.471. The van der Waals surface area contributed by atoms with Crippen molar-refractivity contribution in [2.75, 3.05) is 6.54 Å². The molecule has 1 fully saturated rings. The third kappa shape index (κ3) is 3.51. The number of carbonyl (C=O) groups is 2. The van der Waals surface area contributed by atoms with Crippen LogP contribution in [0.25, 0.3) is 11.0 Å². The maximum absolute atomic E-state index is 12.6. The molecule has 1 unspecified atom stereocenters. The molecule has 2 heterocycles. The van der Waals surface area contributed by atoms with E-state index in [-0.39, 0.29) is 30.0 Å². The summed E-state index contributed by atoms with van der Waals surface area (Å²) in [5.74, 6) is 0.288. The van der Waals surface area contributed by atoms with Crippen LogP contribution in [0.5, 0.6) is 0 Å². The van der Waals surface area contributed by atoms with Gasteiger partial charge in [0, 0.05) is 25.1 Å². The molecule has 2 amide bonds. The summed E-state index contributed by atoms with van der Waals surface area (Å²) >= 11 is 0. The highest BCUT2D eigenvalue weighted by Gasteiger charge is 2.34. The molecule has 9 heteroatoms. The molecule has 1 aliphatic heterocycles. The molecule has 9 nitrogen and oxygen atoms in total. The predicted molar refractivity (Wildman–Crippen MR) is 94.2 cm³/mol. The van der Waals surface area contributed by atoms with E-state index in [1.54, 1.807) is 11.0 Å². The van der Waals surface area contributed by atoms with Gasteiger partial charge in [0.1, 0.15) is 11.9 Å². The number of aromatic amines is 1. The van der Waals surface area contributed by atoms with Crippen molar-refractivity contribution >= 4 is 28.5 Å². The standard InChI is InChI=1S/C17H21N5O4/c1-10(2)16(21-7-3-4-15(21)23)17(24)18-9-14-19-12-6-5-11(22(25)26)8-13(12)20-14/h5-6,8,10,16H,3-4,7,9H2,1-2H3,(H,18,24)(H,19,20). The van der Waals surface area contributed by atoms with Crippen LogP contribution in [-0.4, -0.2) is 44.2 Å². The van der Waals surface area contributed by atoms with E-state index >= 15 is 0 Å². The van der Waals surface area contributed by atoms with Crippen molar-refractivity contribution in [3.63, 3.8) is 0 Å². The van der Waals surface area contributed by atoms with Crippen molar-refractivity contribution in [1.29, 1.82) is 0 Å². The number of hydrogen-bond donors (Lipinski definition) is 2. The lowest BCUT2D eigenvalue weighted by atomic mass is 10.0. The normalized spacial score (nSPS) is 15.7. The van der Waals surface area contributed by atoms with Crippen LogP contribution in [0, 0.1) is 16.0 Å². The fourth-order valence-corrected chi connectivity index (χ4v) is 3.29. The number of nitrogens with one attached hydrogen (secondary N) is 2. The van der Waals surface area contributed by atoms with Gasteiger partial charge in [-0.15, -0.1) is 0 Å². The number of aromatic nitrogens is 2. The Hall–Kier alpha value is -2.97. The van der Waals surface area contributed by atoms with E-state index < -0.39 is 11.0 Å². The highest BCUT2D eigenvalue weighted by Crippen LogP contribution is 2.20. The number of rotatable bonds is 6. The average Bonchev–Trinajstić information content (AvgIpc) is 3.18. The lowest BCUT2D eigenvalue weighted by Gasteiger charge is -2.29. The lowest BCUT2D eigenvalue weighted by molar-refractivity contribution is -0.384. The number of H-pyrrole nitrogens is 1. The van der Waals surface area contributed by atoms with Gasteiger partial charge in [-0.1, -0.05) is 13.8 Å². The zero-order valence-corrected chi connectivity index (χ0v) is 14.7. The molecule has 1 saturated heterocycles. The maximum Gasteiger partial charge on any atom is 0.271 e. The van der Waals surface area contributed by atoms with Crippen LogP contribution in [0.4, 0.5) is 5.69 Å². The topological polar surface area (TPSA) is 121 Å². The van der Waals surface area contributed by atoms with E-state index in [9.17, 15) is 19.7 Å². The van der Waals surface area contributed by atoms with Crippen molar-refractivity contribution < 1.29 is 14.5 Å². The van der Waals surface area contributed by atoms with Crippen LogP contribution in [0.3, 0.4) is 0 Å². The summed E-state index contributed by atoms with van der Waals surface area (Å²) in [6, 6.07) is 3.86. The molecule has 2 aromatic rings. The monoisotopic (exact) mass is 359 g/mol. The molecular formula is C17H21N5O4. The first-order chi connectivity index (χ1) is 12.4. The van der Waals surface area contributed by atoms with Gasteiger partial charge < -0.3 is 15.2 Å². The summed E-state index contributed by atoms with van der Waals surface area (Å²) in [5.41, 5.74) is 1.11. The van der Waals surface area contributed by atoms with Crippen LogP contribution in [0.15, 0.2) is 18.2 Å². The summed E-state index contributed by atoms with van der Waals surface area (Å²) in [6.45, 7) is 4.59. The predicted octanol–water partition coefficient (Wildman–Crippen LogP) is 1.73. The van der Waals surface area contributed by atoms with Crippen molar-refractivity contribution in [2.24, 2.45) is 5.92 Å². The summed E-state index contributed by atoms with van der Waals surface area (Å²) in [4.78, 5) is 43.9. The third-order valence-corrected chi connectivity index (χ3v) is 4.50. The van der Waals surface area contributed by atoms with E-state index in [0.29, 0.717) is 29.8 Å². The van der Waals surface area contributed by atoms with Gasteiger partial charge in [-0.05, 0) is 18.4 Å². The van der Waals surface area contributed by atoms with Gasteiger partial charge in [0.25, 0.3) is 5.69 Å². The van der Waals surface area contributed by atoms with Crippen LogP contribution in [-0.2, 0) is 16.1 Å². The molecule has 0 saturated carbocycles. The van der Waals surface area contributed by atoms with Gasteiger partial charge in [-0.2, -0.15) is 0 Å². The van der Waals surface area contributed by atoms with Crippen LogP contribution < -0.4 is 5.32 Å². The molecular weight excluding hydrogens is 338 g/mol. The number of hydrogen-bond acceptors (Lipinski definition) is 5. The molecule has 1 aromatic heterocycles. The van der Waals surface area contributed by atoms with Crippen molar-refractivity contribution in [2.45, 2.75) is 39.3 Å². The Labute approximate surface area is 149 Å². The number of imidazole rings is 1. The van der Waals surface area contributed by atoms with Gasteiger partial charge in [0.2, 0.25) is 11.8 Å². The second-order valence-electron chi connectivity index (χ2n) is 6.74. The average molecular weight is 359 g/mol. The first-order valence-electron chi connectivity index (χ1n) is 8.57. The van der Waals surface area contributed by atoms with Crippen LogP contribution in [0.2, 0.25) is 0 Å². The SMILES string of the molecule is CC(C)C(C(=O)NCc1nc2ccc([N+](=O)[O-])cc2[nH]1)N1CCCC1=O. The fourth-order valence-electron chi connectivity index (χ4n) is 3.29. The Morgan fingerprint density at radius 1 is 1.46 bits per heavy atom. The van der Waals surface area contributed by atoms with Gasteiger partial charge in [-0.25, -0.2) is 4.98 Å². The van der Waals surface area contributed by atoms with Gasteiger partial charge in [-0.3, -0.25) is 19.7 Å². The molecule has 0 spiro atoms. The number of non-ortho nitro benzene ring substituents is 1. The summed E-state index contributed by atoms with van der Waals surface area (Å²) < 4.78 is 0. The number of amides is 2. The zero-order valence-electron chi connectivity index (χ0n) is 14.7. The number of carbonyl (C=O) groups excluding carboxylic acids is 2. The molecule has 26 heavy (non-hydrogen) atoms. The minimum atomic E-state index is -0.504. The Balaban J connectivity index is 1.70. The second kappa shape index (κ2) is 7.11. The molecule has 3 rings (SSSR count). The lowest BCUT2D eigenvalue weighted by Crippen LogP contribution is -2.50. The molecule has 1 atom stereocenters. The smallest absolute Gasteiger partial charge is 0.271 e. The Kier molecular flexibility index (Phi) is 4.88. The molecule has 0 radical (unpaired) electrons. The number of fused-ring (bicyclic) bond motifs is 1.